The molecule has 1 unspecified atom stereocenters. The highest BCUT2D eigenvalue weighted by atomic mass is 16.2. The Morgan fingerprint density at radius 3 is 2.73 bits per heavy atom. The predicted molar refractivity (Wildman–Crippen MR) is 99.3 cm³/mol. The number of hydrogen-bond acceptors (Lipinski definition) is 3. The second-order valence-corrected chi connectivity index (χ2v) is 7.66. The smallest absolute Gasteiger partial charge is 0.228 e. The minimum absolute atomic E-state index is 0.0471. The van der Waals surface area contributed by atoms with Crippen molar-refractivity contribution < 1.29 is 9.59 Å². The predicted octanol–water partition coefficient (Wildman–Crippen LogP) is 2.32. The van der Waals surface area contributed by atoms with Crippen LogP contribution < -0.4 is 0 Å². The number of rotatable bonds is 4. The van der Waals surface area contributed by atoms with Crippen LogP contribution in [0.25, 0.3) is 11.0 Å². The molecular weight excluding hydrogens is 328 g/mol. The number of benzene rings is 1. The Morgan fingerprint density at radius 2 is 2.00 bits per heavy atom. The number of carbonyl (C=O) groups is 2. The molecule has 1 saturated carbocycles. The zero-order valence-corrected chi connectivity index (χ0v) is 15.5. The van der Waals surface area contributed by atoms with Gasteiger partial charge in [0, 0.05) is 33.1 Å². The minimum atomic E-state index is -0.220. The van der Waals surface area contributed by atoms with Crippen molar-refractivity contribution in [2.24, 2.45) is 13.0 Å². The average molecular weight is 354 g/mol. The molecule has 2 fully saturated rings. The number of nitrogens with zero attached hydrogens (tertiary/aromatic N) is 4. The van der Waals surface area contributed by atoms with E-state index in [2.05, 4.69) is 4.98 Å². The molecule has 1 aliphatic heterocycles. The molecule has 2 amide bonds. The number of aryl methyl sites for hydroxylation is 1. The van der Waals surface area contributed by atoms with Gasteiger partial charge >= 0.3 is 0 Å². The summed E-state index contributed by atoms with van der Waals surface area (Å²) in [7, 11) is 3.79. The maximum atomic E-state index is 12.9. The van der Waals surface area contributed by atoms with E-state index in [-0.39, 0.29) is 17.7 Å². The first-order valence-electron chi connectivity index (χ1n) is 9.49. The Labute approximate surface area is 153 Å². The highest BCUT2D eigenvalue weighted by Crippen LogP contribution is 2.30. The topological polar surface area (TPSA) is 58.4 Å². The number of fused-ring (bicyclic) bond motifs is 1. The number of para-hydroxylation sites is 2. The molecule has 1 aromatic carbocycles. The van der Waals surface area contributed by atoms with Gasteiger partial charge in [0.25, 0.3) is 0 Å². The van der Waals surface area contributed by atoms with Crippen LogP contribution >= 0.6 is 0 Å². The number of aromatic nitrogens is 2. The van der Waals surface area contributed by atoms with E-state index in [1.165, 1.54) is 12.8 Å². The van der Waals surface area contributed by atoms with Crippen LogP contribution in [-0.2, 0) is 23.2 Å². The van der Waals surface area contributed by atoms with Gasteiger partial charge in [0.15, 0.2) is 0 Å². The molecule has 1 saturated heterocycles. The summed E-state index contributed by atoms with van der Waals surface area (Å²) < 4.78 is 2.03. The van der Waals surface area contributed by atoms with Crippen LogP contribution in [0.4, 0.5) is 0 Å². The Morgan fingerprint density at radius 1 is 1.27 bits per heavy atom. The summed E-state index contributed by atoms with van der Waals surface area (Å²) in [6.45, 7) is 1.04. The number of likely N-dealkylation sites (tertiary alicyclic amines) is 1. The van der Waals surface area contributed by atoms with Crippen molar-refractivity contribution in [3.05, 3.63) is 30.1 Å². The summed E-state index contributed by atoms with van der Waals surface area (Å²) in [5, 5.41) is 0. The van der Waals surface area contributed by atoms with E-state index in [4.69, 9.17) is 0 Å². The lowest BCUT2D eigenvalue weighted by Gasteiger charge is -2.25. The van der Waals surface area contributed by atoms with Crippen LogP contribution in [0, 0.1) is 5.92 Å². The van der Waals surface area contributed by atoms with Crippen LogP contribution in [-0.4, -0.2) is 50.8 Å². The fourth-order valence-corrected chi connectivity index (χ4v) is 4.40. The largest absolute Gasteiger partial charge is 0.339 e. The minimum Gasteiger partial charge on any atom is -0.339 e. The summed E-state index contributed by atoms with van der Waals surface area (Å²) in [5.41, 5.74) is 2.00. The molecular formula is C20H26N4O2. The second-order valence-electron chi connectivity index (χ2n) is 7.66. The Kier molecular flexibility index (Phi) is 4.42. The molecule has 0 spiro atoms. The van der Waals surface area contributed by atoms with E-state index in [9.17, 15) is 9.59 Å². The molecule has 6 nitrogen and oxygen atoms in total. The van der Waals surface area contributed by atoms with E-state index in [1.54, 1.807) is 4.90 Å². The van der Waals surface area contributed by atoms with E-state index < -0.39 is 0 Å². The van der Waals surface area contributed by atoms with Gasteiger partial charge in [-0.3, -0.25) is 9.59 Å². The lowest BCUT2D eigenvalue weighted by Crippen LogP contribution is -2.37. The van der Waals surface area contributed by atoms with Gasteiger partial charge in [-0.2, -0.15) is 0 Å². The van der Waals surface area contributed by atoms with Gasteiger partial charge in [-0.05, 0) is 25.0 Å². The SMILES string of the molecule is CN(Cc1nc2ccccc2n1C)C(=O)C1CC(=O)N(C2CCCC2)C1. The van der Waals surface area contributed by atoms with Crippen molar-refractivity contribution in [3.8, 4) is 0 Å². The molecule has 138 valence electrons. The highest BCUT2D eigenvalue weighted by Gasteiger charge is 2.39. The molecule has 0 radical (unpaired) electrons. The zero-order valence-electron chi connectivity index (χ0n) is 15.5. The summed E-state index contributed by atoms with van der Waals surface area (Å²) in [4.78, 5) is 33.6. The molecule has 26 heavy (non-hydrogen) atoms. The molecule has 0 bridgehead atoms. The first-order valence-corrected chi connectivity index (χ1v) is 9.49. The van der Waals surface area contributed by atoms with E-state index in [1.807, 2.05) is 47.8 Å². The maximum absolute atomic E-state index is 12.9. The first-order chi connectivity index (χ1) is 12.5. The summed E-state index contributed by atoms with van der Waals surface area (Å²) in [5.74, 6) is 0.832. The molecule has 1 aromatic heterocycles. The van der Waals surface area contributed by atoms with Gasteiger partial charge in [-0.1, -0.05) is 25.0 Å². The van der Waals surface area contributed by atoms with Crippen LogP contribution in [0.2, 0.25) is 0 Å². The first kappa shape index (κ1) is 17.1. The third kappa shape index (κ3) is 2.97. The lowest BCUT2D eigenvalue weighted by molar-refractivity contribution is -0.135. The molecule has 2 aromatic rings. The number of carbonyl (C=O) groups excluding carboxylic acids is 2. The van der Waals surface area contributed by atoms with Crippen LogP contribution in [0.1, 0.15) is 37.9 Å². The van der Waals surface area contributed by atoms with Gasteiger partial charge < -0.3 is 14.4 Å². The summed E-state index contributed by atoms with van der Waals surface area (Å²) in [6, 6.07) is 8.32. The normalized spacial score (nSPS) is 21.1. The fraction of sp³-hybridized carbons (Fsp3) is 0.550. The standard InChI is InChI=1S/C20H26N4O2/c1-22(13-18-21-16-9-5-6-10-17(16)23(18)2)20(26)14-11-19(25)24(12-14)15-7-3-4-8-15/h5-6,9-10,14-15H,3-4,7-8,11-13H2,1-2H3. The van der Waals surface area contributed by atoms with Crippen molar-refractivity contribution in [2.45, 2.75) is 44.7 Å². The third-order valence-corrected chi connectivity index (χ3v) is 5.91. The Balaban J connectivity index is 1.44. The Hall–Kier alpha value is -2.37. The average Bonchev–Trinajstić information content (AvgIpc) is 3.35. The van der Waals surface area contributed by atoms with Crippen molar-refractivity contribution in [3.63, 3.8) is 0 Å². The van der Waals surface area contributed by atoms with Gasteiger partial charge in [-0.25, -0.2) is 4.98 Å². The third-order valence-electron chi connectivity index (χ3n) is 5.91. The van der Waals surface area contributed by atoms with Gasteiger partial charge in [0.05, 0.1) is 23.5 Å². The maximum Gasteiger partial charge on any atom is 0.228 e. The van der Waals surface area contributed by atoms with Gasteiger partial charge in [-0.15, -0.1) is 0 Å². The number of hydrogen-bond donors (Lipinski definition) is 0. The van der Waals surface area contributed by atoms with Crippen LogP contribution in [0.3, 0.4) is 0 Å². The molecule has 0 N–H and O–H groups in total. The molecule has 6 heteroatoms. The zero-order chi connectivity index (χ0) is 18.3. The summed E-state index contributed by atoms with van der Waals surface area (Å²) in [6.07, 6.45) is 4.91. The lowest BCUT2D eigenvalue weighted by atomic mass is 10.1. The van der Waals surface area contributed by atoms with Crippen molar-refractivity contribution in [1.82, 2.24) is 19.4 Å². The van der Waals surface area contributed by atoms with Gasteiger partial charge in [0.2, 0.25) is 11.8 Å². The number of imidazole rings is 1. The van der Waals surface area contributed by atoms with Crippen molar-refractivity contribution in [2.75, 3.05) is 13.6 Å². The second kappa shape index (κ2) is 6.74. The molecule has 2 aliphatic rings. The van der Waals surface area contributed by atoms with Crippen molar-refractivity contribution >= 4 is 22.8 Å². The molecule has 4 rings (SSSR count). The van der Waals surface area contributed by atoms with E-state index in [0.717, 1.165) is 29.7 Å². The van der Waals surface area contributed by atoms with Gasteiger partial charge in [0.1, 0.15) is 5.82 Å². The van der Waals surface area contributed by atoms with E-state index in [0.29, 0.717) is 25.6 Å². The fourth-order valence-electron chi connectivity index (χ4n) is 4.40. The van der Waals surface area contributed by atoms with E-state index >= 15 is 0 Å². The quantitative estimate of drug-likeness (QED) is 0.847. The summed E-state index contributed by atoms with van der Waals surface area (Å²) >= 11 is 0. The van der Waals surface area contributed by atoms with Crippen LogP contribution in [0.15, 0.2) is 24.3 Å². The monoisotopic (exact) mass is 354 g/mol. The number of amides is 2. The van der Waals surface area contributed by atoms with Crippen LogP contribution in [0.5, 0.6) is 0 Å². The highest BCUT2D eigenvalue weighted by molar-refractivity contribution is 5.89. The Bertz CT molecular complexity index is 837. The molecule has 1 aliphatic carbocycles. The van der Waals surface area contributed by atoms with Crippen molar-refractivity contribution in [1.29, 1.82) is 0 Å². The molecule has 2 heterocycles. The molecule has 1 atom stereocenters.